The maximum Gasteiger partial charge on any atom is 0.123 e. The van der Waals surface area contributed by atoms with E-state index in [1.807, 2.05) is 12.1 Å². The Kier molecular flexibility index (Phi) is 4.15. The minimum Gasteiger partial charge on any atom is -0.392 e. The zero-order valence-electron chi connectivity index (χ0n) is 9.07. The highest BCUT2D eigenvalue weighted by Gasteiger charge is 2.08. The Morgan fingerprint density at radius 1 is 1.12 bits per heavy atom. The van der Waals surface area contributed by atoms with E-state index in [1.54, 1.807) is 12.1 Å². The molecule has 0 bridgehead atoms. The largest absolute Gasteiger partial charge is 0.392 e. The summed E-state index contributed by atoms with van der Waals surface area (Å²) in [4.78, 5) is 1.06. The molecule has 0 saturated carbocycles. The summed E-state index contributed by atoms with van der Waals surface area (Å²) >= 11 is 7.29. The summed E-state index contributed by atoms with van der Waals surface area (Å²) in [6.45, 7) is 0. The first kappa shape index (κ1) is 12.6. The van der Waals surface area contributed by atoms with E-state index < -0.39 is 6.10 Å². The van der Waals surface area contributed by atoms with Crippen LogP contribution < -0.4 is 0 Å². The van der Waals surface area contributed by atoms with Gasteiger partial charge in [-0.05, 0) is 36.2 Å². The highest BCUT2D eigenvalue weighted by molar-refractivity contribution is 7.16. The van der Waals surface area contributed by atoms with Gasteiger partial charge < -0.3 is 5.11 Å². The second-order valence-corrected chi connectivity index (χ2v) is 5.69. The van der Waals surface area contributed by atoms with Gasteiger partial charge >= 0.3 is 0 Å². The van der Waals surface area contributed by atoms with Gasteiger partial charge in [-0.3, -0.25) is 0 Å². The number of benzene rings is 1. The Hall–Kier alpha value is -0.900. The van der Waals surface area contributed by atoms with E-state index in [0.29, 0.717) is 12.8 Å². The molecule has 17 heavy (non-hydrogen) atoms. The predicted octanol–water partition coefficient (Wildman–Crippen LogP) is 3.69. The van der Waals surface area contributed by atoms with Crippen molar-refractivity contribution < 1.29 is 9.50 Å². The molecule has 2 rings (SSSR count). The third-order valence-electron chi connectivity index (χ3n) is 2.45. The number of aliphatic hydroxyl groups excluding tert-OH is 1. The van der Waals surface area contributed by atoms with E-state index in [9.17, 15) is 9.50 Å². The molecule has 1 aromatic carbocycles. The number of rotatable bonds is 4. The minimum atomic E-state index is -0.463. The van der Waals surface area contributed by atoms with Crippen molar-refractivity contribution in [1.82, 2.24) is 0 Å². The smallest absolute Gasteiger partial charge is 0.123 e. The molecule has 1 nitrogen and oxygen atoms in total. The third-order valence-corrected chi connectivity index (χ3v) is 3.70. The van der Waals surface area contributed by atoms with Gasteiger partial charge in [0.1, 0.15) is 5.82 Å². The lowest BCUT2D eigenvalue weighted by Gasteiger charge is -2.09. The highest BCUT2D eigenvalue weighted by atomic mass is 35.5. The van der Waals surface area contributed by atoms with Crippen LogP contribution >= 0.6 is 22.9 Å². The zero-order valence-corrected chi connectivity index (χ0v) is 10.6. The quantitative estimate of drug-likeness (QED) is 0.898. The topological polar surface area (TPSA) is 20.2 Å². The highest BCUT2D eigenvalue weighted by Crippen LogP contribution is 2.23. The van der Waals surface area contributed by atoms with Crippen molar-refractivity contribution in [2.45, 2.75) is 18.9 Å². The molecule has 90 valence electrons. The van der Waals surface area contributed by atoms with Crippen LogP contribution in [0.25, 0.3) is 0 Å². The van der Waals surface area contributed by atoms with Crippen molar-refractivity contribution in [3.8, 4) is 0 Å². The number of thiophene rings is 1. The Bertz CT molecular complexity index is 480. The molecule has 1 atom stereocenters. The van der Waals surface area contributed by atoms with Crippen molar-refractivity contribution in [3.63, 3.8) is 0 Å². The molecule has 0 aliphatic rings. The van der Waals surface area contributed by atoms with Gasteiger partial charge in [-0.2, -0.15) is 0 Å². The molecule has 0 aliphatic carbocycles. The molecule has 0 fully saturated rings. The van der Waals surface area contributed by atoms with E-state index in [0.717, 1.165) is 14.8 Å². The fourth-order valence-electron chi connectivity index (χ4n) is 1.66. The summed E-state index contributed by atoms with van der Waals surface area (Å²) < 4.78 is 13.4. The van der Waals surface area contributed by atoms with Gasteiger partial charge in [-0.1, -0.05) is 23.7 Å². The Morgan fingerprint density at radius 2 is 1.82 bits per heavy atom. The molecule has 0 spiro atoms. The molecule has 4 heteroatoms. The molecule has 0 radical (unpaired) electrons. The van der Waals surface area contributed by atoms with Crippen LogP contribution in [0.5, 0.6) is 0 Å². The first-order chi connectivity index (χ1) is 8.13. The Balaban J connectivity index is 1.93. The van der Waals surface area contributed by atoms with Crippen LogP contribution in [0, 0.1) is 5.82 Å². The number of hydrogen-bond donors (Lipinski definition) is 1. The van der Waals surface area contributed by atoms with Crippen molar-refractivity contribution in [3.05, 3.63) is 57.0 Å². The van der Waals surface area contributed by atoms with E-state index in [2.05, 4.69) is 0 Å². The van der Waals surface area contributed by atoms with Crippen LogP contribution in [0.1, 0.15) is 10.4 Å². The molecule has 1 heterocycles. The second-order valence-electron chi connectivity index (χ2n) is 3.89. The molecular weight excluding hydrogens is 259 g/mol. The van der Waals surface area contributed by atoms with E-state index in [-0.39, 0.29) is 5.82 Å². The van der Waals surface area contributed by atoms with Gasteiger partial charge in [0.2, 0.25) is 0 Å². The van der Waals surface area contributed by atoms with Crippen LogP contribution in [0.2, 0.25) is 4.34 Å². The van der Waals surface area contributed by atoms with Crippen LogP contribution in [-0.2, 0) is 12.8 Å². The van der Waals surface area contributed by atoms with Gasteiger partial charge in [-0.15, -0.1) is 11.3 Å². The molecule has 0 aliphatic heterocycles. The van der Waals surface area contributed by atoms with Crippen molar-refractivity contribution in [1.29, 1.82) is 0 Å². The number of aliphatic hydroxyl groups is 1. The summed E-state index contributed by atoms with van der Waals surface area (Å²) in [6.07, 6.45) is 0.639. The second kappa shape index (κ2) is 5.63. The van der Waals surface area contributed by atoms with Gasteiger partial charge in [0.05, 0.1) is 10.4 Å². The average Bonchev–Trinajstić information content (AvgIpc) is 2.67. The number of hydrogen-bond acceptors (Lipinski definition) is 2. The summed E-state index contributed by atoms with van der Waals surface area (Å²) in [5.41, 5.74) is 0.932. The Morgan fingerprint density at radius 3 is 2.41 bits per heavy atom. The average molecular weight is 271 g/mol. The van der Waals surface area contributed by atoms with Gasteiger partial charge in [0, 0.05) is 11.3 Å². The zero-order chi connectivity index (χ0) is 12.3. The summed E-state index contributed by atoms with van der Waals surface area (Å²) in [5.74, 6) is -0.256. The van der Waals surface area contributed by atoms with Gasteiger partial charge in [0.25, 0.3) is 0 Å². The molecule has 1 aromatic heterocycles. The van der Waals surface area contributed by atoms with Crippen LogP contribution in [0.4, 0.5) is 4.39 Å². The van der Waals surface area contributed by atoms with Gasteiger partial charge in [-0.25, -0.2) is 4.39 Å². The first-order valence-electron chi connectivity index (χ1n) is 5.30. The molecule has 2 aromatic rings. The summed E-state index contributed by atoms with van der Waals surface area (Å²) in [7, 11) is 0. The first-order valence-corrected chi connectivity index (χ1v) is 6.49. The van der Waals surface area contributed by atoms with Crippen LogP contribution in [-0.4, -0.2) is 11.2 Å². The normalized spacial score (nSPS) is 12.6. The third kappa shape index (κ3) is 3.80. The van der Waals surface area contributed by atoms with E-state index >= 15 is 0 Å². The van der Waals surface area contributed by atoms with E-state index in [1.165, 1.54) is 23.5 Å². The molecule has 1 unspecified atom stereocenters. The lowest BCUT2D eigenvalue weighted by atomic mass is 10.1. The number of halogens is 2. The van der Waals surface area contributed by atoms with Crippen molar-refractivity contribution >= 4 is 22.9 Å². The lowest BCUT2D eigenvalue weighted by molar-refractivity contribution is 0.176. The summed E-state index contributed by atoms with van der Waals surface area (Å²) in [6, 6.07) is 9.95. The predicted molar refractivity (Wildman–Crippen MR) is 69.1 cm³/mol. The fourth-order valence-corrected chi connectivity index (χ4v) is 2.82. The monoisotopic (exact) mass is 270 g/mol. The maximum absolute atomic E-state index is 12.7. The molecule has 0 saturated heterocycles. The SMILES string of the molecule is OC(Cc1ccc(F)cc1)Cc1ccc(Cl)s1. The van der Waals surface area contributed by atoms with Crippen molar-refractivity contribution in [2.75, 3.05) is 0 Å². The standard InChI is InChI=1S/C13H12ClFOS/c14-13-6-5-12(17-13)8-11(16)7-9-1-3-10(15)4-2-9/h1-6,11,16H,7-8H2. The van der Waals surface area contributed by atoms with Gasteiger partial charge in [0.15, 0.2) is 0 Å². The molecule has 1 N–H and O–H groups in total. The van der Waals surface area contributed by atoms with Crippen molar-refractivity contribution in [2.24, 2.45) is 0 Å². The van der Waals surface area contributed by atoms with Crippen LogP contribution in [0.15, 0.2) is 36.4 Å². The van der Waals surface area contributed by atoms with E-state index in [4.69, 9.17) is 11.6 Å². The maximum atomic E-state index is 12.7. The lowest BCUT2D eigenvalue weighted by Crippen LogP contribution is -2.13. The Labute approximate surface area is 108 Å². The molecular formula is C13H12ClFOS. The minimum absolute atomic E-state index is 0.256. The van der Waals surface area contributed by atoms with Crippen LogP contribution in [0.3, 0.4) is 0 Å². The summed E-state index contributed by atoms with van der Waals surface area (Å²) in [5, 5.41) is 9.90. The molecule has 0 amide bonds. The fraction of sp³-hybridized carbons (Fsp3) is 0.231.